The predicted molar refractivity (Wildman–Crippen MR) is 103 cm³/mol. The second-order valence-electron chi connectivity index (χ2n) is 6.59. The summed E-state index contributed by atoms with van der Waals surface area (Å²) in [4.78, 5) is 13.8. The largest absolute Gasteiger partial charge is 0.337 e. The zero-order chi connectivity index (χ0) is 19.3. The van der Waals surface area contributed by atoms with Crippen LogP contribution >= 0.6 is 0 Å². The maximum Gasteiger partial charge on any atom is 0.240 e. The van der Waals surface area contributed by atoms with Crippen molar-refractivity contribution in [3.63, 3.8) is 0 Å². The Morgan fingerprint density at radius 2 is 1.62 bits per heavy atom. The zero-order valence-corrected chi connectivity index (χ0v) is 16.6. The van der Waals surface area contributed by atoms with E-state index in [1.54, 1.807) is 24.0 Å². The lowest BCUT2D eigenvalue weighted by molar-refractivity contribution is -0.129. The fourth-order valence-electron chi connectivity index (χ4n) is 2.76. The number of aryl methyl sites for hydroxylation is 3. The summed E-state index contributed by atoms with van der Waals surface area (Å²) in [6.07, 6.45) is 0. The minimum atomic E-state index is -3.60. The molecule has 0 fully saturated rings. The fourth-order valence-corrected chi connectivity index (χ4v) is 4.00. The van der Waals surface area contributed by atoms with Crippen molar-refractivity contribution in [1.82, 2.24) is 9.62 Å². The third-order valence-electron chi connectivity index (χ3n) is 4.23. The number of nitrogens with zero attached hydrogens (tertiary/aromatic N) is 1. The Bertz CT molecular complexity index is 874. The SMILES string of the molecule is CC(=O)N(CCNS(=O)(=O)c1ccc(C)cc1C)Cc1ccc(C)cc1. The Morgan fingerprint density at radius 1 is 1.00 bits per heavy atom. The summed E-state index contributed by atoms with van der Waals surface area (Å²) in [6.45, 7) is 8.14. The van der Waals surface area contributed by atoms with Gasteiger partial charge >= 0.3 is 0 Å². The van der Waals surface area contributed by atoms with E-state index in [0.29, 0.717) is 18.7 Å². The quantitative estimate of drug-likeness (QED) is 0.810. The van der Waals surface area contributed by atoms with E-state index in [0.717, 1.165) is 16.7 Å². The third-order valence-corrected chi connectivity index (χ3v) is 5.85. The second kappa shape index (κ2) is 8.47. The van der Waals surface area contributed by atoms with Crippen LogP contribution in [0.5, 0.6) is 0 Å². The van der Waals surface area contributed by atoms with Crippen LogP contribution in [-0.4, -0.2) is 32.3 Å². The third kappa shape index (κ3) is 5.41. The summed E-state index contributed by atoms with van der Waals surface area (Å²) in [5.74, 6) is -0.0868. The maximum atomic E-state index is 12.5. The molecule has 0 aliphatic rings. The number of rotatable bonds is 7. The average molecular weight is 375 g/mol. The van der Waals surface area contributed by atoms with Crippen molar-refractivity contribution in [3.05, 3.63) is 64.7 Å². The van der Waals surface area contributed by atoms with Gasteiger partial charge in [-0.05, 0) is 38.0 Å². The van der Waals surface area contributed by atoms with Crippen molar-refractivity contribution >= 4 is 15.9 Å². The Balaban J connectivity index is 2.00. The van der Waals surface area contributed by atoms with Gasteiger partial charge in [-0.2, -0.15) is 0 Å². The fraction of sp³-hybridized carbons (Fsp3) is 0.350. The molecule has 2 rings (SSSR count). The molecule has 2 aromatic carbocycles. The number of carbonyl (C=O) groups is 1. The molecule has 0 saturated carbocycles. The highest BCUT2D eigenvalue weighted by Crippen LogP contribution is 2.16. The number of hydrogen-bond donors (Lipinski definition) is 1. The van der Waals surface area contributed by atoms with Crippen LogP contribution in [0.1, 0.15) is 29.2 Å². The first kappa shape index (κ1) is 20.1. The van der Waals surface area contributed by atoms with E-state index in [1.807, 2.05) is 44.2 Å². The van der Waals surface area contributed by atoms with Crippen molar-refractivity contribution in [2.24, 2.45) is 0 Å². The number of nitrogens with one attached hydrogen (secondary N) is 1. The van der Waals surface area contributed by atoms with Crippen LogP contribution < -0.4 is 4.72 Å². The van der Waals surface area contributed by atoms with Gasteiger partial charge in [0.1, 0.15) is 0 Å². The van der Waals surface area contributed by atoms with Gasteiger partial charge in [0.05, 0.1) is 4.90 Å². The first-order valence-electron chi connectivity index (χ1n) is 8.57. The smallest absolute Gasteiger partial charge is 0.240 e. The van der Waals surface area contributed by atoms with Crippen molar-refractivity contribution in [2.45, 2.75) is 39.1 Å². The van der Waals surface area contributed by atoms with E-state index < -0.39 is 10.0 Å². The zero-order valence-electron chi connectivity index (χ0n) is 15.7. The number of benzene rings is 2. The molecular weight excluding hydrogens is 348 g/mol. The molecule has 0 aromatic heterocycles. The first-order chi connectivity index (χ1) is 12.2. The maximum absolute atomic E-state index is 12.5. The molecule has 140 valence electrons. The lowest BCUT2D eigenvalue weighted by Crippen LogP contribution is -2.37. The van der Waals surface area contributed by atoms with Crippen molar-refractivity contribution in [1.29, 1.82) is 0 Å². The molecule has 1 N–H and O–H groups in total. The van der Waals surface area contributed by atoms with Gasteiger partial charge in [0.25, 0.3) is 0 Å². The number of carbonyl (C=O) groups excluding carboxylic acids is 1. The molecule has 0 atom stereocenters. The van der Waals surface area contributed by atoms with Gasteiger partial charge in [0, 0.05) is 26.6 Å². The van der Waals surface area contributed by atoms with Crippen LogP contribution in [0, 0.1) is 20.8 Å². The average Bonchev–Trinajstić information content (AvgIpc) is 2.55. The van der Waals surface area contributed by atoms with Gasteiger partial charge in [-0.15, -0.1) is 0 Å². The van der Waals surface area contributed by atoms with Crippen LogP contribution in [0.4, 0.5) is 0 Å². The van der Waals surface area contributed by atoms with Crippen molar-refractivity contribution < 1.29 is 13.2 Å². The highest BCUT2D eigenvalue weighted by molar-refractivity contribution is 7.89. The van der Waals surface area contributed by atoms with E-state index in [2.05, 4.69) is 4.72 Å². The summed E-state index contributed by atoms with van der Waals surface area (Å²) >= 11 is 0. The highest BCUT2D eigenvalue weighted by Gasteiger charge is 2.17. The molecule has 5 nitrogen and oxygen atoms in total. The molecule has 0 bridgehead atoms. The van der Waals surface area contributed by atoms with Crippen LogP contribution in [0.25, 0.3) is 0 Å². The van der Waals surface area contributed by atoms with E-state index in [4.69, 9.17) is 0 Å². The van der Waals surface area contributed by atoms with Gasteiger partial charge in [-0.25, -0.2) is 13.1 Å². The highest BCUT2D eigenvalue weighted by atomic mass is 32.2. The molecule has 0 aliphatic heterocycles. The predicted octanol–water partition coefficient (Wildman–Crippen LogP) is 2.94. The monoisotopic (exact) mass is 374 g/mol. The minimum Gasteiger partial charge on any atom is -0.337 e. The Morgan fingerprint density at radius 3 is 2.19 bits per heavy atom. The van der Waals surface area contributed by atoms with E-state index >= 15 is 0 Å². The summed E-state index contributed by atoms with van der Waals surface area (Å²) in [7, 11) is -3.60. The molecule has 1 amide bonds. The summed E-state index contributed by atoms with van der Waals surface area (Å²) in [5.41, 5.74) is 3.90. The van der Waals surface area contributed by atoms with Gasteiger partial charge in [0.15, 0.2) is 0 Å². The van der Waals surface area contributed by atoms with E-state index in [9.17, 15) is 13.2 Å². The van der Waals surface area contributed by atoms with Gasteiger partial charge < -0.3 is 4.90 Å². The topological polar surface area (TPSA) is 66.5 Å². The van der Waals surface area contributed by atoms with E-state index in [1.165, 1.54) is 6.92 Å². The summed E-state index contributed by atoms with van der Waals surface area (Å²) in [6, 6.07) is 13.2. The Kier molecular flexibility index (Phi) is 6.56. The lowest BCUT2D eigenvalue weighted by Gasteiger charge is -2.21. The molecule has 0 heterocycles. The first-order valence-corrected chi connectivity index (χ1v) is 10.1. The summed E-state index contributed by atoms with van der Waals surface area (Å²) < 4.78 is 27.6. The van der Waals surface area contributed by atoms with Crippen molar-refractivity contribution in [2.75, 3.05) is 13.1 Å². The number of sulfonamides is 1. The minimum absolute atomic E-state index is 0.0868. The molecule has 0 saturated heterocycles. The molecular formula is C20H26N2O3S. The number of hydrogen-bond acceptors (Lipinski definition) is 3. The van der Waals surface area contributed by atoms with Gasteiger partial charge in [0.2, 0.25) is 15.9 Å². The standard InChI is InChI=1S/C20H26N2O3S/c1-15-5-8-19(9-6-15)14-22(18(4)23)12-11-21-26(24,25)20-10-7-16(2)13-17(20)3/h5-10,13,21H,11-12,14H2,1-4H3. The molecule has 0 radical (unpaired) electrons. The van der Waals surface area contributed by atoms with E-state index in [-0.39, 0.29) is 17.3 Å². The van der Waals surface area contributed by atoms with Gasteiger partial charge in [-0.1, -0.05) is 47.5 Å². The molecule has 0 unspecified atom stereocenters. The molecule has 2 aromatic rings. The summed E-state index contributed by atoms with van der Waals surface area (Å²) in [5, 5.41) is 0. The lowest BCUT2D eigenvalue weighted by atomic mass is 10.1. The normalized spacial score (nSPS) is 11.4. The second-order valence-corrected chi connectivity index (χ2v) is 8.33. The van der Waals surface area contributed by atoms with Crippen LogP contribution in [0.3, 0.4) is 0 Å². The Labute approximate surface area is 156 Å². The molecule has 0 spiro atoms. The Hall–Kier alpha value is -2.18. The van der Waals surface area contributed by atoms with Crippen LogP contribution in [0.15, 0.2) is 47.4 Å². The number of amides is 1. The van der Waals surface area contributed by atoms with Crippen LogP contribution in [0.2, 0.25) is 0 Å². The molecule has 26 heavy (non-hydrogen) atoms. The van der Waals surface area contributed by atoms with Gasteiger partial charge in [-0.3, -0.25) is 4.79 Å². The van der Waals surface area contributed by atoms with Crippen LogP contribution in [-0.2, 0) is 21.4 Å². The molecule has 6 heteroatoms. The molecule has 0 aliphatic carbocycles. The van der Waals surface area contributed by atoms with Crippen molar-refractivity contribution in [3.8, 4) is 0 Å².